The van der Waals surface area contributed by atoms with Crippen molar-refractivity contribution in [2.24, 2.45) is 0 Å². The van der Waals surface area contributed by atoms with Crippen LogP contribution in [-0.4, -0.2) is 28.9 Å². The van der Waals surface area contributed by atoms with Crippen molar-refractivity contribution < 1.29 is 14.3 Å². The van der Waals surface area contributed by atoms with Crippen molar-refractivity contribution in [3.63, 3.8) is 0 Å². The predicted molar refractivity (Wildman–Crippen MR) is 51.6 cm³/mol. The Morgan fingerprint density at radius 3 is 3.33 bits per heavy atom. The van der Waals surface area contributed by atoms with Gasteiger partial charge in [0.05, 0.1) is 19.3 Å². The van der Waals surface area contributed by atoms with Crippen molar-refractivity contribution in [1.82, 2.24) is 14.9 Å². The number of fused-ring (bicyclic) bond motifs is 1. The Morgan fingerprint density at radius 1 is 1.73 bits per heavy atom. The number of rotatable bonds is 2. The maximum atomic E-state index is 11.0. The minimum Gasteiger partial charge on any atom is -0.434 e. The zero-order chi connectivity index (χ0) is 10.7. The van der Waals surface area contributed by atoms with E-state index in [4.69, 9.17) is 4.74 Å². The zero-order valence-electron chi connectivity index (χ0n) is 8.52. The molecule has 6 nitrogen and oxygen atoms in total. The summed E-state index contributed by atoms with van der Waals surface area (Å²) < 4.78 is 11.5. The summed E-state index contributed by atoms with van der Waals surface area (Å²) in [7, 11) is 0. The van der Waals surface area contributed by atoms with Crippen molar-refractivity contribution >= 4 is 6.16 Å². The average molecular weight is 211 g/mol. The molecule has 6 heteroatoms. The van der Waals surface area contributed by atoms with Crippen LogP contribution in [0.3, 0.4) is 0 Å². The average Bonchev–Trinajstić information content (AvgIpc) is 2.59. The van der Waals surface area contributed by atoms with Gasteiger partial charge in [-0.1, -0.05) is 0 Å². The number of imidazole rings is 1. The normalized spacial score (nSPS) is 14.5. The van der Waals surface area contributed by atoms with Gasteiger partial charge in [0, 0.05) is 13.1 Å². The molecule has 2 rings (SSSR count). The second kappa shape index (κ2) is 4.31. The van der Waals surface area contributed by atoms with Gasteiger partial charge in [-0.3, -0.25) is 0 Å². The number of nitrogens with one attached hydrogen (secondary N) is 1. The van der Waals surface area contributed by atoms with Crippen LogP contribution in [0.1, 0.15) is 12.7 Å². The topological polar surface area (TPSA) is 65.4 Å². The summed E-state index contributed by atoms with van der Waals surface area (Å²) in [6, 6.07) is 0. The van der Waals surface area contributed by atoms with Gasteiger partial charge >= 0.3 is 6.16 Å². The highest BCUT2D eigenvalue weighted by atomic mass is 16.7. The molecule has 0 aromatic carbocycles. The van der Waals surface area contributed by atoms with E-state index in [0.29, 0.717) is 19.0 Å². The third-order valence-electron chi connectivity index (χ3n) is 2.10. The molecule has 1 aliphatic heterocycles. The highest BCUT2D eigenvalue weighted by molar-refractivity contribution is 5.62. The molecule has 0 atom stereocenters. The summed E-state index contributed by atoms with van der Waals surface area (Å²) in [4.78, 5) is 15.2. The SMILES string of the molecule is CCOC(=O)Oc1cn2c(n1)CNCC2. The molecule has 1 aromatic heterocycles. The second-order valence-corrected chi connectivity index (χ2v) is 3.15. The molecule has 0 saturated heterocycles. The fraction of sp³-hybridized carbons (Fsp3) is 0.556. The van der Waals surface area contributed by atoms with E-state index < -0.39 is 6.16 Å². The molecule has 0 aliphatic carbocycles. The highest BCUT2D eigenvalue weighted by Gasteiger charge is 2.14. The van der Waals surface area contributed by atoms with E-state index in [9.17, 15) is 4.79 Å². The molecular weight excluding hydrogens is 198 g/mol. The number of carbonyl (C=O) groups excluding carboxylic acids is 1. The largest absolute Gasteiger partial charge is 0.515 e. The maximum Gasteiger partial charge on any atom is 0.515 e. The van der Waals surface area contributed by atoms with Gasteiger partial charge in [-0.2, -0.15) is 4.98 Å². The monoisotopic (exact) mass is 211 g/mol. The van der Waals surface area contributed by atoms with Crippen LogP contribution in [0.4, 0.5) is 4.79 Å². The van der Waals surface area contributed by atoms with Gasteiger partial charge < -0.3 is 19.4 Å². The van der Waals surface area contributed by atoms with Crippen molar-refractivity contribution in [2.45, 2.75) is 20.0 Å². The van der Waals surface area contributed by atoms with E-state index >= 15 is 0 Å². The summed E-state index contributed by atoms with van der Waals surface area (Å²) in [5, 5.41) is 3.18. The number of hydrogen-bond acceptors (Lipinski definition) is 5. The van der Waals surface area contributed by atoms with E-state index in [2.05, 4.69) is 15.0 Å². The third kappa shape index (κ3) is 2.27. The minimum absolute atomic E-state index is 0.298. The Morgan fingerprint density at radius 2 is 2.60 bits per heavy atom. The summed E-state index contributed by atoms with van der Waals surface area (Å²) in [6.07, 6.45) is 1.01. The van der Waals surface area contributed by atoms with Gasteiger partial charge in [0.1, 0.15) is 5.82 Å². The quantitative estimate of drug-likeness (QED) is 0.722. The summed E-state index contributed by atoms with van der Waals surface area (Å²) in [5.74, 6) is 1.17. The maximum absolute atomic E-state index is 11.0. The van der Waals surface area contributed by atoms with Crippen LogP contribution in [0.5, 0.6) is 5.88 Å². The third-order valence-corrected chi connectivity index (χ3v) is 2.10. The Kier molecular flexibility index (Phi) is 2.86. The molecular formula is C9H13N3O3. The smallest absolute Gasteiger partial charge is 0.434 e. The molecule has 82 valence electrons. The Bertz CT molecular complexity index is 338. The molecule has 0 unspecified atom stereocenters. The molecule has 0 radical (unpaired) electrons. The minimum atomic E-state index is -0.707. The number of carbonyl (C=O) groups is 1. The molecule has 0 fully saturated rings. The highest BCUT2D eigenvalue weighted by Crippen LogP contribution is 2.13. The van der Waals surface area contributed by atoms with Crippen LogP contribution in [0.25, 0.3) is 0 Å². The van der Waals surface area contributed by atoms with Crippen LogP contribution < -0.4 is 10.1 Å². The summed E-state index contributed by atoms with van der Waals surface area (Å²) in [5.41, 5.74) is 0. The molecule has 0 amide bonds. The van der Waals surface area contributed by atoms with E-state index in [1.807, 2.05) is 4.57 Å². The predicted octanol–water partition coefficient (Wildman–Crippen LogP) is 0.522. The molecule has 1 N–H and O–H groups in total. The lowest BCUT2D eigenvalue weighted by molar-refractivity contribution is 0.103. The molecule has 2 heterocycles. The lowest BCUT2D eigenvalue weighted by Crippen LogP contribution is -2.27. The first-order chi connectivity index (χ1) is 7.29. The van der Waals surface area contributed by atoms with Crippen molar-refractivity contribution in [2.75, 3.05) is 13.2 Å². The number of hydrogen-bond donors (Lipinski definition) is 1. The lowest BCUT2D eigenvalue weighted by Gasteiger charge is -2.13. The zero-order valence-corrected chi connectivity index (χ0v) is 8.52. The first-order valence-corrected chi connectivity index (χ1v) is 4.91. The van der Waals surface area contributed by atoms with Crippen molar-refractivity contribution in [1.29, 1.82) is 0 Å². The molecule has 15 heavy (non-hydrogen) atoms. The summed E-state index contributed by atoms with van der Waals surface area (Å²) >= 11 is 0. The molecule has 0 bridgehead atoms. The van der Waals surface area contributed by atoms with Crippen LogP contribution in [0.15, 0.2) is 6.20 Å². The van der Waals surface area contributed by atoms with Crippen LogP contribution in [0.2, 0.25) is 0 Å². The molecule has 1 aliphatic rings. The Hall–Kier alpha value is -1.56. The molecule has 1 aromatic rings. The molecule has 0 saturated carbocycles. The van der Waals surface area contributed by atoms with E-state index in [1.54, 1.807) is 13.1 Å². The van der Waals surface area contributed by atoms with Gasteiger partial charge in [-0.15, -0.1) is 0 Å². The molecule has 0 spiro atoms. The second-order valence-electron chi connectivity index (χ2n) is 3.15. The van der Waals surface area contributed by atoms with Gasteiger partial charge in [0.15, 0.2) is 0 Å². The van der Waals surface area contributed by atoms with Crippen LogP contribution in [-0.2, 0) is 17.8 Å². The van der Waals surface area contributed by atoms with E-state index in [-0.39, 0.29) is 0 Å². The van der Waals surface area contributed by atoms with E-state index in [1.165, 1.54) is 0 Å². The van der Waals surface area contributed by atoms with Crippen LogP contribution >= 0.6 is 0 Å². The van der Waals surface area contributed by atoms with Crippen molar-refractivity contribution in [3.05, 3.63) is 12.0 Å². The Balaban J connectivity index is 2.03. The number of ether oxygens (including phenoxy) is 2. The first-order valence-electron chi connectivity index (χ1n) is 4.91. The van der Waals surface area contributed by atoms with Crippen molar-refractivity contribution in [3.8, 4) is 5.88 Å². The fourth-order valence-corrected chi connectivity index (χ4v) is 1.44. The van der Waals surface area contributed by atoms with Crippen LogP contribution in [0, 0.1) is 0 Å². The standard InChI is InChI=1S/C9H13N3O3/c1-2-14-9(13)15-8-6-12-4-3-10-5-7(12)11-8/h6,10H,2-5H2,1H3. The number of aromatic nitrogens is 2. The number of nitrogens with zero attached hydrogens (tertiary/aromatic N) is 2. The van der Waals surface area contributed by atoms with Gasteiger partial charge in [-0.25, -0.2) is 4.79 Å². The Labute approximate surface area is 87.2 Å². The van der Waals surface area contributed by atoms with E-state index in [0.717, 1.165) is 18.9 Å². The lowest BCUT2D eigenvalue weighted by atomic mass is 10.4. The van der Waals surface area contributed by atoms with Gasteiger partial charge in [0.25, 0.3) is 0 Å². The summed E-state index contributed by atoms with van der Waals surface area (Å²) in [6.45, 7) is 4.47. The first kappa shape index (κ1) is 9.97. The fourth-order valence-electron chi connectivity index (χ4n) is 1.44. The van der Waals surface area contributed by atoms with Gasteiger partial charge in [0.2, 0.25) is 5.88 Å². The van der Waals surface area contributed by atoms with Gasteiger partial charge in [-0.05, 0) is 6.92 Å².